The van der Waals surface area contributed by atoms with E-state index in [1.54, 1.807) is 0 Å². The average molecular weight is 333 g/mol. The number of rotatable bonds is 4. The van der Waals surface area contributed by atoms with Gasteiger partial charge in [0.1, 0.15) is 5.75 Å². The van der Waals surface area contributed by atoms with Crippen LogP contribution in [0.1, 0.15) is 5.56 Å². The van der Waals surface area contributed by atoms with Gasteiger partial charge >= 0.3 is 12.1 Å². The Morgan fingerprint density at radius 1 is 1.30 bits per heavy atom. The number of nitrogens with zero attached hydrogens (tertiary/aromatic N) is 1. The molecule has 0 aromatic heterocycles. The minimum atomic E-state index is -4.45. The van der Waals surface area contributed by atoms with Crippen molar-refractivity contribution in [3.05, 3.63) is 29.8 Å². The number of hydrogen-bond acceptors (Lipinski definition) is 4. The number of aliphatic carboxylic acids is 1. The van der Waals surface area contributed by atoms with Crippen molar-refractivity contribution in [3.8, 4) is 5.75 Å². The third kappa shape index (κ3) is 4.35. The molecule has 1 aliphatic rings. The van der Waals surface area contributed by atoms with E-state index >= 15 is 0 Å². The number of alkyl halides is 3. The maximum absolute atomic E-state index is 12.4. The lowest BCUT2D eigenvalue weighted by Crippen LogP contribution is -2.53. The number of carboxylic acid groups (broad SMARTS) is 1. The highest BCUT2D eigenvalue weighted by Crippen LogP contribution is 2.30. The number of ether oxygens (including phenoxy) is 2. The molecule has 1 amide bonds. The molecule has 6 nitrogen and oxygen atoms in total. The number of carbonyl (C=O) groups is 2. The summed E-state index contributed by atoms with van der Waals surface area (Å²) >= 11 is 0. The third-order valence-electron chi connectivity index (χ3n) is 3.28. The van der Waals surface area contributed by atoms with Gasteiger partial charge in [-0.1, -0.05) is 0 Å². The molecule has 1 atom stereocenters. The van der Waals surface area contributed by atoms with Crippen molar-refractivity contribution in [2.24, 2.45) is 0 Å². The van der Waals surface area contributed by atoms with E-state index in [2.05, 4.69) is 0 Å². The predicted molar refractivity (Wildman–Crippen MR) is 70.9 cm³/mol. The van der Waals surface area contributed by atoms with Gasteiger partial charge in [-0.15, -0.1) is 0 Å². The third-order valence-corrected chi connectivity index (χ3v) is 3.28. The zero-order valence-corrected chi connectivity index (χ0v) is 11.9. The molecule has 0 aliphatic carbocycles. The van der Waals surface area contributed by atoms with Crippen LogP contribution in [-0.2, 0) is 20.5 Å². The van der Waals surface area contributed by atoms with Crippen LogP contribution in [0.3, 0.4) is 0 Å². The molecule has 0 saturated carbocycles. The highest BCUT2D eigenvalue weighted by molar-refractivity contribution is 5.84. The number of carboxylic acids is 1. The molecule has 1 aliphatic heterocycles. The maximum Gasteiger partial charge on any atom is 0.416 e. The van der Waals surface area contributed by atoms with Crippen LogP contribution in [0, 0.1) is 0 Å². The fourth-order valence-corrected chi connectivity index (χ4v) is 2.07. The van der Waals surface area contributed by atoms with Crippen LogP contribution in [0.5, 0.6) is 5.75 Å². The lowest BCUT2D eigenvalue weighted by molar-refractivity contribution is -0.159. The summed E-state index contributed by atoms with van der Waals surface area (Å²) in [7, 11) is 0. The van der Waals surface area contributed by atoms with Crippen LogP contribution in [0.4, 0.5) is 13.2 Å². The number of morpholine rings is 1. The van der Waals surface area contributed by atoms with Crippen LogP contribution >= 0.6 is 0 Å². The molecule has 0 unspecified atom stereocenters. The van der Waals surface area contributed by atoms with Gasteiger partial charge in [0.2, 0.25) is 0 Å². The van der Waals surface area contributed by atoms with Crippen LogP contribution in [0.25, 0.3) is 0 Å². The first kappa shape index (κ1) is 17.1. The average Bonchev–Trinajstić information content (AvgIpc) is 2.52. The first-order valence-corrected chi connectivity index (χ1v) is 6.69. The first-order chi connectivity index (χ1) is 10.8. The van der Waals surface area contributed by atoms with Gasteiger partial charge in [-0.3, -0.25) is 4.79 Å². The standard InChI is InChI=1S/C14H14F3NO5/c15-14(16,17)9-1-3-10(4-2-9)23-8-12(19)18-5-6-22-7-11(18)13(20)21/h1-4,11H,5-8H2,(H,20,21)/t11-/m0/s1. The fourth-order valence-electron chi connectivity index (χ4n) is 2.07. The lowest BCUT2D eigenvalue weighted by atomic mass is 10.2. The lowest BCUT2D eigenvalue weighted by Gasteiger charge is -2.32. The van der Waals surface area contributed by atoms with Crippen molar-refractivity contribution < 1.29 is 37.3 Å². The Labute approximate surface area is 129 Å². The highest BCUT2D eigenvalue weighted by Gasteiger charge is 2.33. The summed E-state index contributed by atoms with van der Waals surface area (Å²) < 4.78 is 47.4. The molecule has 0 bridgehead atoms. The van der Waals surface area contributed by atoms with Gasteiger partial charge < -0.3 is 19.5 Å². The minimum absolute atomic E-state index is 0.0893. The SMILES string of the molecule is O=C(O)[C@@H]1COCCN1C(=O)COc1ccc(C(F)(F)F)cc1. The Hall–Kier alpha value is -2.29. The monoisotopic (exact) mass is 333 g/mol. The predicted octanol–water partition coefficient (Wildman–Crippen LogP) is 1.40. The van der Waals surface area contributed by atoms with Crippen LogP contribution in [0.2, 0.25) is 0 Å². The van der Waals surface area contributed by atoms with E-state index in [9.17, 15) is 22.8 Å². The van der Waals surface area contributed by atoms with Crippen molar-refractivity contribution >= 4 is 11.9 Å². The molecule has 1 N–H and O–H groups in total. The van der Waals surface area contributed by atoms with Crippen molar-refractivity contribution in [2.45, 2.75) is 12.2 Å². The molecule has 0 radical (unpaired) electrons. The van der Waals surface area contributed by atoms with Gasteiger partial charge in [-0.2, -0.15) is 13.2 Å². The Morgan fingerprint density at radius 2 is 1.96 bits per heavy atom. The summed E-state index contributed by atoms with van der Waals surface area (Å²) in [4.78, 5) is 24.2. The number of benzene rings is 1. The highest BCUT2D eigenvalue weighted by atomic mass is 19.4. The molecule has 1 aromatic rings. The van der Waals surface area contributed by atoms with Gasteiger partial charge in [0, 0.05) is 6.54 Å². The molecule has 0 spiro atoms. The summed E-state index contributed by atoms with van der Waals surface area (Å²) in [6, 6.07) is 2.80. The fraction of sp³-hybridized carbons (Fsp3) is 0.429. The molecule has 126 valence electrons. The second-order valence-electron chi connectivity index (χ2n) is 4.83. The summed E-state index contributed by atoms with van der Waals surface area (Å²) in [5.74, 6) is -1.67. The minimum Gasteiger partial charge on any atom is -0.484 e. The van der Waals surface area contributed by atoms with E-state index in [0.29, 0.717) is 0 Å². The number of halogens is 3. The zero-order valence-electron chi connectivity index (χ0n) is 11.9. The van der Waals surface area contributed by atoms with Gasteiger partial charge in [0.15, 0.2) is 12.6 Å². The molecule has 9 heteroatoms. The molecular formula is C14H14F3NO5. The second kappa shape index (κ2) is 6.86. The van der Waals surface area contributed by atoms with Crippen molar-refractivity contribution in [1.82, 2.24) is 4.90 Å². The smallest absolute Gasteiger partial charge is 0.416 e. The van der Waals surface area contributed by atoms with Gasteiger partial charge in [-0.25, -0.2) is 4.79 Å². The summed E-state index contributed by atoms with van der Waals surface area (Å²) in [5, 5.41) is 9.03. The van der Waals surface area contributed by atoms with E-state index in [1.165, 1.54) is 0 Å². The Bertz CT molecular complexity index is 573. The summed E-state index contributed by atoms with van der Waals surface area (Å²) in [6.45, 7) is -0.238. The molecule has 1 aromatic carbocycles. The molecule has 2 rings (SSSR count). The Morgan fingerprint density at radius 3 is 2.52 bits per heavy atom. The van der Waals surface area contributed by atoms with E-state index in [0.717, 1.165) is 29.2 Å². The molecule has 23 heavy (non-hydrogen) atoms. The number of carbonyl (C=O) groups excluding carboxylic acids is 1. The quantitative estimate of drug-likeness (QED) is 0.901. The second-order valence-corrected chi connectivity index (χ2v) is 4.83. The molecular weight excluding hydrogens is 319 g/mol. The van der Waals surface area contributed by atoms with E-state index in [4.69, 9.17) is 14.6 Å². The normalized spacial score (nSPS) is 18.6. The van der Waals surface area contributed by atoms with Crippen LogP contribution in [0.15, 0.2) is 24.3 Å². The number of amides is 1. The van der Waals surface area contributed by atoms with E-state index < -0.39 is 36.3 Å². The van der Waals surface area contributed by atoms with Gasteiger partial charge in [-0.05, 0) is 24.3 Å². The topological polar surface area (TPSA) is 76.1 Å². The molecule has 1 fully saturated rings. The molecule has 1 saturated heterocycles. The van der Waals surface area contributed by atoms with Gasteiger partial charge in [0.25, 0.3) is 5.91 Å². The Kier molecular flexibility index (Phi) is 5.09. The summed E-state index contributed by atoms with van der Waals surface area (Å²) in [5.41, 5.74) is -0.824. The largest absolute Gasteiger partial charge is 0.484 e. The van der Waals surface area contributed by atoms with Gasteiger partial charge in [0.05, 0.1) is 18.8 Å². The van der Waals surface area contributed by atoms with Crippen molar-refractivity contribution in [2.75, 3.05) is 26.4 Å². The number of hydrogen-bond donors (Lipinski definition) is 1. The summed E-state index contributed by atoms with van der Waals surface area (Å²) in [6.07, 6.45) is -4.45. The van der Waals surface area contributed by atoms with Crippen LogP contribution in [-0.4, -0.2) is 54.3 Å². The van der Waals surface area contributed by atoms with Crippen molar-refractivity contribution in [1.29, 1.82) is 0 Å². The van der Waals surface area contributed by atoms with E-state index in [1.807, 2.05) is 0 Å². The Balaban J connectivity index is 1.94. The van der Waals surface area contributed by atoms with E-state index in [-0.39, 0.29) is 25.5 Å². The zero-order chi connectivity index (χ0) is 17.0. The van der Waals surface area contributed by atoms with Crippen molar-refractivity contribution in [3.63, 3.8) is 0 Å². The maximum atomic E-state index is 12.4. The van der Waals surface area contributed by atoms with Crippen LogP contribution < -0.4 is 4.74 Å². The molecule has 1 heterocycles. The first-order valence-electron chi connectivity index (χ1n) is 6.69.